The summed E-state index contributed by atoms with van der Waals surface area (Å²) in [6.07, 6.45) is 2.24. The number of aromatic hydroxyl groups is 1. The van der Waals surface area contributed by atoms with Crippen molar-refractivity contribution >= 4 is 10.9 Å². The maximum absolute atomic E-state index is 10.3. The third-order valence-corrected chi connectivity index (χ3v) is 3.87. The Kier molecular flexibility index (Phi) is 2.05. The largest absolute Gasteiger partial charge is 0.507 e. The van der Waals surface area contributed by atoms with Gasteiger partial charge in [0.1, 0.15) is 5.75 Å². The summed E-state index contributed by atoms with van der Waals surface area (Å²) in [5, 5.41) is 21.1. The molecular weight excluding hydrogens is 214 g/mol. The fourth-order valence-electron chi connectivity index (χ4n) is 2.42. The molecule has 1 aromatic carbocycles. The Bertz CT molecular complexity index is 594. The monoisotopic (exact) mass is 231 g/mol. The van der Waals surface area contributed by atoms with Crippen LogP contribution in [-0.4, -0.2) is 20.8 Å². The van der Waals surface area contributed by atoms with E-state index >= 15 is 0 Å². The summed E-state index contributed by atoms with van der Waals surface area (Å²) in [5.74, 6) is 0.324. The highest BCUT2D eigenvalue weighted by atomic mass is 16.3. The number of H-pyrrole nitrogens is 1. The summed E-state index contributed by atoms with van der Waals surface area (Å²) in [6, 6.07) is 3.89. The highest BCUT2D eigenvalue weighted by Crippen LogP contribution is 2.42. The number of aliphatic hydroxyl groups is 1. The minimum absolute atomic E-state index is 0.324. The van der Waals surface area contributed by atoms with Crippen molar-refractivity contribution in [1.29, 1.82) is 0 Å². The Morgan fingerprint density at radius 2 is 2.00 bits per heavy atom. The maximum Gasteiger partial charge on any atom is 0.128 e. The van der Waals surface area contributed by atoms with Crippen molar-refractivity contribution in [3.05, 3.63) is 29.0 Å². The van der Waals surface area contributed by atoms with Gasteiger partial charge in [-0.15, -0.1) is 0 Å². The van der Waals surface area contributed by atoms with E-state index in [2.05, 4.69) is 4.98 Å². The zero-order valence-electron chi connectivity index (χ0n) is 10.2. The first-order chi connectivity index (χ1) is 8.00. The second-order valence-electron chi connectivity index (χ2n) is 5.27. The van der Waals surface area contributed by atoms with Crippen LogP contribution in [0.4, 0.5) is 0 Å². The highest BCUT2D eigenvalue weighted by molar-refractivity contribution is 5.91. The topological polar surface area (TPSA) is 56.2 Å². The van der Waals surface area contributed by atoms with E-state index in [-0.39, 0.29) is 0 Å². The van der Waals surface area contributed by atoms with Crippen LogP contribution in [0.1, 0.15) is 29.7 Å². The van der Waals surface area contributed by atoms with Gasteiger partial charge in [-0.2, -0.15) is 0 Å². The summed E-state index contributed by atoms with van der Waals surface area (Å²) >= 11 is 0. The van der Waals surface area contributed by atoms with Crippen LogP contribution in [0.2, 0.25) is 0 Å². The molecule has 0 bridgehead atoms. The zero-order valence-corrected chi connectivity index (χ0v) is 10.2. The summed E-state index contributed by atoms with van der Waals surface area (Å²) < 4.78 is 0. The van der Waals surface area contributed by atoms with Gasteiger partial charge in [0.05, 0.1) is 5.60 Å². The molecule has 90 valence electrons. The van der Waals surface area contributed by atoms with Crippen molar-refractivity contribution in [2.45, 2.75) is 38.7 Å². The van der Waals surface area contributed by atoms with Crippen LogP contribution in [0.15, 0.2) is 12.1 Å². The number of aryl methyl sites for hydroxylation is 2. The lowest BCUT2D eigenvalue weighted by atomic mass is 10.0. The molecule has 0 saturated heterocycles. The molecule has 1 aliphatic carbocycles. The van der Waals surface area contributed by atoms with Crippen molar-refractivity contribution in [3.8, 4) is 5.75 Å². The number of fused-ring (bicyclic) bond motifs is 1. The number of rotatable bonds is 2. The van der Waals surface area contributed by atoms with Crippen molar-refractivity contribution in [2.75, 3.05) is 0 Å². The zero-order chi connectivity index (χ0) is 12.2. The fraction of sp³-hybridized carbons (Fsp3) is 0.429. The first kappa shape index (κ1) is 10.7. The van der Waals surface area contributed by atoms with Gasteiger partial charge in [-0.3, -0.25) is 0 Å². The van der Waals surface area contributed by atoms with Gasteiger partial charge in [-0.1, -0.05) is 6.07 Å². The van der Waals surface area contributed by atoms with Crippen molar-refractivity contribution in [3.63, 3.8) is 0 Å². The van der Waals surface area contributed by atoms with Gasteiger partial charge in [0.25, 0.3) is 0 Å². The molecule has 3 heteroatoms. The van der Waals surface area contributed by atoms with Crippen LogP contribution < -0.4 is 0 Å². The third kappa shape index (κ3) is 1.62. The maximum atomic E-state index is 10.3. The second-order valence-corrected chi connectivity index (χ2v) is 5.27. The van der Waals surface area contributed by atoms with Crippen molar-refractivity contribution in [1.82, 2.24) is 4.98 Å². The molecule has 0 radical (unpaired) electrons. The molecule has 0 aliphatic heterocycles. The molecule has 1 saturated carbocycles. The molecule has 1 aliphatic rings. The van der Waals surface area contributed by atoms with Gasteiger partial charge in [-0.05, 0) is 43.9 Å². The van der Waals surface area contributed by atoms with Gasteiger partial charge in [-0.25, -0.2) is 0 Å². The van der Waals surface area contributed by atoms with Crippen LogP contribution in [-0.2, 0) is 6.42 Å². The van der Waals surface area contributed by atoms with Crippen LogP contribution in [0.3, 0.4) is 0 Å². The minimum Gasteiger partial charge on any atom is -0.507 e. The molecule has 0 atom stereocenters. The van der Waals surface area contributed by atoms with E-state index in [0.29, 0.717) is 12.2 Å². The van der Waals surface area contributed by atoms with Gasteiger partial charge in [0.15, 0.2) is 0 Å². The SMILES string of the molecule is Cc1[nH]c2ccc(CC3(O)CC3)c(O)c2c1C. The number of aromatic nitrogens is 1. The molecule has 2 aromatic rings. The van der Waals surface area contributed by atoms with Crippen LogP contribution in [0.5, 0.6) is 5.75 Å². The third-order valence-electron chi connectivity index (χ3n) is 3.87. The predicted molar refractivity (Wildman–Crippen MR) is 67.3 cm³/mol. The van der Waals surface area contributed by atoms with Crippen molar-refractivity contribution < 1.29 is 10.2 Å². The number of phenols is 1. The Hall–Kier alpha value is -1.48. The summed E-state index contributed by atoms with van der Waals surface area (Å²) in [5.41, 5.74) is 3.41. The number of hydrogen-bond acceptors (Lipinski definition) is 2. The number of nitrogens with one attached hydrogen (secondary N) is 1. The molecule has 1 aromatic heterocycles. The first-order valence-corrected chi connectivity index (χ1v) is 6.02. The lowest BCUT2D eigenvalue weighted by Gasteiger charge is -2.10. The van der Waals surface area contributed by atoms with Gasteiger partial charge < -0.3 is 15.2 Å². The lowest BCUT2D eigenvalue weighted by Crippen LogP contribution is -2.10. The molecule has 0 spiro atoms. The summed E-state index contributed by atoms with van der Waals surface area (Å²) in [7, 11) is 0. The second kappa shape index (κ2) is 3.26. The Morgan fingerprint density at radius 3 is 2.65 bits per heavy atom. The van der Waals surface area contributed by atoms with Crippen molar-refractivity contribution in [2.24, 2.45) is 0 Å². The molecular formula is C14H17NO2. The molecule has 3 nitrogen and oxygen atoms in total. The molecule has 1 fully saturated rings. The average molecular weight is 231 g/mol. The molecule has 3 N–H and O–H groups in total. The Morgan fingerprint density at radius 1 is 1.29 bits per heavy atom. The Balaban J connectivity index is 2.14. The van der Waals surface area contributed by atoms with Gasteiger partial charge in [0.2, 0.25) is 0 Å². The smallest absolute Gasteiger partial charge is 0.128 e. The van der Waals surface area contributed by atoms with Gasteiger partial charge >= 0.3 is 0 Å². The normalized spacial score (nSPS) is 17.6. The van der Waals surface area contributed by atoms with Crippen LogP contribution in [0.25, 0.3) is 10.9 Å². The van der Waals surface area contributed by atoms with E-state index in [1.807, 2.05) is 26.0 Å². The van der Waals surface area contributed by atoms with E-state index in [0.717, 1.165) is 40.6 Å². The quantitative estimate of drug-likeness (QED) is 0.744. The van der Waals surface area contributed by atoms with E-state index in [4.69, 9.17) is 0 Å². The number of hydrogen-bond donors (Lipinski definition) is 3. The molecule has 1 heterocycles. The molecule has 3 rings (SSSR count). The Labute approximate surface area is 100 Å². The van der Waals surface area contributed by atoms with E-state index in [1.54, 1.807) is 0 Å². The molecule has 0 unspecified atom stereocenters. The van der Waals surface area contributed by atoms with Crippen LogP contribution in [0, 0.1) is 13.8 Å². The molecule has 0 amide bonds. The van der Waals surface area contributed by atoms with E-state index < -0.39 is 5.60 Å². The number of aromatic amines is 1. The number of benzene rings is 1. The summed E-state index contributed by atoms with van der Waals surface area (Å²) in [6.45, 7) is 4.01. The highest BCUT2D eigenvalue weighted by Gasteiger charge is 2.40. The predicted octanol–water partition coefficient (Wildman–Crippen LogP) is 2.56. The summed E-state index contributed by atoms with van der Waals surface area (Å²) in [4.78, 5) is 3.25. The standard InChI is InChI=1S/C14H17NO2/c1-8-9(2)15-11-4-3-10(13(16)12(8)11)7-14(17)5-6-14/h3-4,15-17H,5-7H2,1-2H3. The van der Waals surface area contributed by atoms with Crippen LogP contribution >= 0.6 is 0 Å². The van der Waals surface area contributed by atoms with E-state index in [9.17, 15) is 10.2 Å². The average Bonchev–Trinajstić information content (AvgIpc) is 2.92. The van der Waals surface area contributed by atoms with E-state index in [1.165, 1.54) is 0 Å². The fourth-order valence-corrected chi connectivity index (χ4v) is 2.42. The first-order valence-electron chi connectivity index (χ1n) is 6.02. The minimum atomic E-state index is -0.565. The molecule has 17 heavy (non-hydrogen) atoms. The lowest BCUT2D eigenvalue weighted by molar-refractivity contribution is 0.150. The number of phenolic OH excluding ortho intramolecular Hbond substituents is 1. The van der Waals surface area contributed by atoms with Gasteiger partial charge in [0, 0.05) is 23.0 Å².